The van der Waals surface area contributed by atoms with Gasteiger partial charge in [0.25, 0.3) is 0 Å². The molecule has 4 nitrogen and oxygen atoms in total. The first-order valence-corrected chi connectivity index (χ1v) is 10.4. The van der Waals surface area contributed by atoms with Gasteiger partial charge in [-0.05, 0) is 48.4 Å². The second-order valence-electron chi connectivity index (χ2n) is 7.80. The van der Waals surface area contributed by atoms with E-state index in [0.29, 0.717) is 6.04 Å². The monoisotopic (exact) mass is 395 g/mol. The molecule has 150 valence electrons. The van der Waals surface area contributed by atoms with Crippen molar-refractivity contribution in [2.75, 3.05) is 6.54 Å². The van der Waals surface area contributed by atoms with Crippen molar-refractivity contribution in [3.63, 3.8) is 0 Å². The average Bonchev–Trinajstić information content (AvgIpc) is 3.14. The smallest absolute Gasteiger partial charge is 0.127 e. The molecule has 1 fully saturated rings. The Balaban J connectivity index is 1.33. The summed E-state index contributed by atoms with van der Waals surface area (Å²) < 4.78 is 7.84. The fourth-order valence-electron chi connectivity index (χ4n) is 4.10. The molecular weight excluding hydrogens is 370 g/mol. The number of ether oxygens (including phenoxy) is 1. The van der Waals surface area contributed by atoms with Crippen LogP contribution in [0.25, 0.3) is 11.3 Å². The zero-order valence-electron chi connectivity index (χ0n) is 17.1. The maximum absolute atomic E-state index is 5.92. The Morgan fingerprint density at radius 2 is 1.53 bits per heavy atom. The molecule has 1 aliphatic heterocycles. The molecule has 1 saturated heterocycles. The third-order valence-corrected chi connectivity index (χ3v) is 5.70. The molecule has 5 rings (SSSR count). The van der Waals surface area contributed by atoms with E-state index < -0.39 is 0 Å². The molecule has 0 N–H and O–H groups in total. The number of nitrogens with zero attached hydrogens (tertiary/aromatic N) is 3. The quantitative estimate of drug-likeness (QED) is 0.412. The molecule has 1 atom stereocenters. The number of benzene rings is 3. The Bertz CT molecular complexity index is 1100. The number of aromatic nitrogens is 2. The summed E-state index contributed by atoms with van der Waals surface area (Å²) in [6.07, 6.45) is 3.36. The Morgan fingerprint density at radius 3 is 2.20 bits per heavy atom. The van der Waals surface area contributed by atoms with Crippen molar-refractivity contribution in [3.05, 3.63) is 102 Å². The molecule has 0 radical (unpaired) electrons. The Morgan fingerprint density at radius 1 is 0.867 bits per heavy atom. The zero-order chi connectivity index (χ0) is 20.3. The highest BCUT2D eigenvalue weighted by molar-refractivity contribution is 5.63. The SMILES string of the molecule is Cn1cc(CN2CCC2c2ccccc2)c(-c2ccc(Oc3ccccc3)cc2)n1. The van der Waals surface area contributed by atoms with Gasteiger partial charge in [0, 0.05) is 43.5 Å². The van der Waals surface area contributed by atoms with E-state index in [0.717, 1.165) is 35.8 Å². The number of hydrogen-bond donors (Lipinski definition) is 0. The molecule has 0 bridgehead atoms. The molecule has 0 amide bonds. The first-order valence-electron chi connectivity index (χ1n) is 10.4. The van der Waals surface area contributed by atoms with Gasteiger partial charge in [0.15, 0.2) is 0 Å². The molecule has 2 heterocycles. The van der Waals surface area contributed by atoms with Crippen molar-refractivity contribution in [2.45, 2.75) is 19.0 Å². The van der Waals surface area contributed by atoms with Crippen LogP contribution in [0.2, 0.25) is 0 Å². The molecule has 4 aromatic rings. The van der Waals surface area contributed by atoms with Gasteiger partial charge in [0.2, 0.25) is 0 Å². The van der Waals surface area contributed by atoms with Crippen molar-refractivity contribution in [1.29, 1.82) is 0 Å². The third-order valence-electron chi connectivity index (χ3n) is 5.70. The number of hydrogen-bond acceptors (Lipinski definition) is 3. The topological polar surface area (TPSA) is 30.3 Å². The summed E-state index contributed by atoms with van der Waals surface area (Å²) in [7, 11) is 1.99. The summed E-state index contributed by atoms with van der Waals surface area (Å²) >= 11 is 0. The molecule has 1 aliphatic rings. The van der Waals surface area contributed by atoms with Gasteiger partial charge in [-0.1, -0.05) is 48.5 Å². The summed E-state index contributed by atoms with van der Waals surface area (Å²) in [5.41, 5.74) is 4.82. The molecule has 4 heteroatoms. The molecule has 1 unspecified atom stereocenters. The van der Waals surface area contributed by atoms with Crippen molar-refractivity contribution in [3.8, 4) is 22.8 Å². The Kier molecular flexibility index (Phi) is 5.08. The van der Waals surface area contributed by atoms with E-state index >= 15 is 0 Å². The number of para-hydroxylation sites is 1. The maximum Gasteiger partial charge on any atom is 0.127 e. The van der Waals surface area contributed by atoms with Crippen LogP contribution in [0.3, 0.4) is 0 Å². The van der Waals surface area contributed by atoms with Gasteiger partial charge in [-0.2, -0.15) is 5.10 Å². The van der Waals surface area contributed by atoms with Gasteiger partial charge in [-0.15, -0.1) is 0 Å². The first kappa shape index (κ1) is 18.6. The molecule has 0 spiro atoms. The summed E-state index contributed by atoms with van der Waals surface area (Å²) in [6.45, 7) is 2.03. The number of aryl methyl sites for hydroxylation is 1. The van der Waals surface area contributed by atoms with Crippen molar-refractivity contribution >= 4 is 0 Å². The highest BCUT2D eigenvalue weighted by Gasteiger charge is 2.30. The van der Waals surface area contributed by atoms with Gasteiger partial charge in [0.1, 0.15) is 11.5 Å². The van der Waals surface area contributed by atoms with Crippen LogP contribution in [0.15, 0.2) is 91.1 Å². The van der Waals surface area contributed by atoms with Crippen LogP contribution in [0, 0.1) is 0 Å². The molecule has 3 aromatic carbocycles. The Hall–Kier alpha value is -3.37. The maximum atomic E-state index is 5.92. The average molecular weight is 396 g/mol. The predicted octanol–water partition coefficient (Wildman–Crippen LogP) is 5.83. The largest absolute Gasteiger partial charge is 0.457 e. The summed E-state index contributed by atoms with van der Waals surface area (Å²) in [5.74, 6) is 1.67. The van der Waals surface area contributed by atoms with Crippen LogP contribution in [-0.2, 0) is 13.6 Å². The zero-order valence-corrected chi connectivity index (χ0v) is 17.1. The lowest BCUT2D eigenvalue weighted by Gasteiger charge is -2.41. The molecular formula is C26H25N3O. The normalized spacial score (nSPS) is 16.2. The first-order chi connectivity index (χ1) is 14.8. The summed E-state index contributed by atoms with van der Waals surface area (Å²) in [6, 6.07) is 29.3. The van der Waals surface area contributed by atoms with Gasteiger partial charge < -0.3 is 4.74 Å². The fraction of sp³-hybridized carbons (Fsp3) is 0.192. The standard InChI is InChI=1S/C26H25N3O/c1-28-18-22(19-29-17-16-25(29)20-8-4-2-5-9-20)26(27-28)21-12-14-24(15-13-21)30-23-10-6-3-7-11-23/h2-15,18,25H,16-17,19H2,1H3. The van der Waals surface area contributed by atoms with Gasteiger partial charge >= 0.3 is 0 Å². The summed E-state index contributed by atoms with van der Waals surface area (Å²) in [5, 5.41) is 4.75. The lowest BCUT2D eigenvalue weighted by molar-refractivity contribution is 0.0821. The Labute approximate surface area is 177 Å². The third kappa shape index (κ3) is 3.87. The highest BCUT2D eigenvalue weighted by atomic mass is 16.5. The van der Waals surface area contributed by atoms with E-state index in [-0.39, 0.29) is 0 Å². The lowest BCUT2D eigenvalue weighted by atomic mass is 9.94. The minimum atomic E-state index is 0.501. The van der Waals surface area contributed by atoms with Crippen LogP contribution < -0.4 is 4.74 Å². The van der Waals surface area contributed by atoms with Crippen LogP contribution in [0.5, 0.6) is 11.5 Å². The van der Waals surface area contributed by atoms with Gasteiger partial charge in [-0.25, -0.2) is 0 Å². The molecule has 0 saturated carbocycles. The number of rotatable bonds is 6. The highest BCUT2D eigenvalue weighted by Crippen LogP contribution is 2.36. The second kappa shape index (κ2) is 8.17. The van der Waals surface area contributed by atoms with E-state index in [1.807, 2.05) is 54.2 Å². The lowest BCUT2D eigenvalue weighted by Crippen LogP contribution is -2.40. The van der Waals surface area contributed by atoms with Crippen LogP contribution in [0.1, 0.15) is 23.6 Å². The van der Waals surface area contributed by atoms with Crippen molar-refractivity contribution in [2.24, 2.45) is 7.05 Å². The van der Waals surface area contributed by atoms with E-state index in [4.69, 9.17) is 9.84 Å². The minimum absolute atomic E-state index is 0.501. The van der Waals surface area contributed by atoms with E-state index in [9.17, 15) is 0 Å². The predicted molar refractivity (Wildman–Crippen MR) is 119 cm³/mol. The minimum Gasteiger partial charge on any atom is -0.457 e. The molecule has 0 aliphatic carbocycles. The van der Waals surface area contributed by atoms with Crippen LogP contribution in [-0.4, -0.2) is 21.2 Å². The summed E-state index contributed by atoms with van der Waals surface area (Å²) in [4.78, 5) is 2.53. The molecule has 30 heavy (non-hydrogen) atoms. The molecule has 1 aromatic heterocycles. The van der Waals surface area contributed by atoms with Crippen molar-refractivity contribution < 1.29 is 4.74 Å². The second-order valence-corrected chi connectivity index (χ2v) is 7.80. The van der Waals surface area contributed by atoms with Crippen molar-refractivity contribution in [1.82, 2.24) is 14.7 Å². The van der Waals surface area contributed by atoms with E-state index in [2.05, 4.69) is 53.6 Å². The fourth-order valence-corrected chi connectivity index (χ4v) is 4.10. The van der Waals surface area contributed by atoms with Gasteiger partial charge in [0.05, 0.1) is 5.69 Å². The van der Waals surface area contributed by atoms with E-state index in [1.54, 1.807) is 0 Å². The van der Waals surface area contributed by atoms with Gasteiger partial charge in [-0.3, -0.25) is 9.58 Å². The van der Waals surface area contributed by atoms with E-state index in [1.165, 1.54) is 17.5 Å². The van der Waals surface area contributed by atoms with Crippen LogP contribution >= 0.6 is 0 Å². The van der Waals surface area contributed by atoms with Crippen LogP contribution in [0.4, 0.5) is 0 Å². The number of likely N-dealkylation sites (tertiary alicyclic amines) is 1.